The summed E-state index contributed by atoms with van der Waals surface area (Å²) in [7, 11) is 1.75. The number of hydrogen-bond acceptors (Lipinski definition) is 4. The summed E-state index contributed by atoms with van der Waals surface area (Å²) in [5.74, 6) is 1.19. The van der Waals surface area contributed by atoms with E-state index in [4.69, 9.17) is 4.74 Å². The van der Waals surface area contributed by atoms with Gasteiger partial charge < -0.3 is 9.73 Å². The molecule has 1 aromatic heterocycles. The molecule has 4 nitrogen and oxygen atoms in total. The van der Waals surface area contributed by atoms with Crippen molar-refractivity contribution in [3.8, 4) is 5.75 Å². The van der Waals surface area contributed by atoms with E-state index in [1.54, 1.807) is 31.6 Å². The lowest BCUT2D eigenvalue weighted by Crippen LogP contribution is -1.94. The SMILES string of the molecule is C=C(C)c1ccc(C(C)=O)cn1.CC=NC.CCc1cccc2c1OCC2. The van der Waals surface area contributed by atoms with Crippen molar-refractivity contribution < 1.29 is 9.53 Å². The summed E-state index contributed by atoms with van der Waals surface area (Å²) in [6.45, 7) is 12.1. The molecule has 144 valence electrons. The van der Waals surface area contributed by atoms with E-state index in [1.165, 1.54) is 18.1 Å². The van der Waals surface area contributed by atoms with Crippen molar-refractivity contribution in [1.82, 2.24) is 4.98 Å². The molecule has 0 aliphatic carbocycles. The maximum absolute atomic E-state index is 10.9. The maximum Gasteiger partial charge on any atom is 0.161 e. The van der Waals surface area contributed by atoms with Crippen LogP contribution in [0.1, 0.15) is 54.9 Å². The summed E-state index contributed by atoms with van der Waals surface area (Å²) in [5, 5.41) is 0. The molecule has 2 heterocycles. The molecule has 0 amide bonds. The zero-order valence-electron chi connectivity index (χ0n) is 17.1. The minimum Gasteiger partial charge on any atom is -0.493 e. The Morgan fingerprint density at radius 1 is 1.30 bits per heavy atom. The zero-order chi connectivity index (χ0) is 20.2. The highest BCUT2D eigenvalue weighted by Gasteiger charge is 2.13. The van der Waals surface area contributed by atoms with E-state index in [-0.39, 0.29) is 5.78 Å². The van der Waals surface area contributed by atoms with Gasteiger partial charge in [-0.3, -0.25) is 9.78 Å². The van der Waals surface area contributed by atoms with Gasteiger partial charge >= 0.3 is 0 Å². The molecule has 1 aliphatic heterocycles. The first-order chi connectivity index (χ1) is 12.9. The van der Waals surface area contributed by atoms with Gasteiger partial charge in [0.05, 0.1) is 12.3 Å². The van der Waals surface area contributed by atoms with Crippen LogP contribution in [0.4, 0.5) is 0 Å². The Bertz CT molecular complexity index is 740. The van der Waals surface area contributed by atoms with Gasteiger partial charge in [-0.05, 0) is 62.2 Å². The van der Waals surface area contributed by atoms with Crippen LogP contribution in [0, 0.1) is 0 Å². The second kappa shape index (κ2) is 11.8. The molecule has 2 aromatic rings. The molecule has 4 heteroatoms. The molecule has 0 unspecified atom stereocenters. The number of Topliss-reactive ketones (excluding diaryl/α,β-unsaturated/α-hetero) is 1. The highest BCUT2D eigenvalue weighted by atomic mass is 16.5. The number of hydrogen-bond donors (Lipinski definition) is 0. The standard InChI is InChI=1S/C10H11NO.C10H12O.C3H7N/c1-7(2)10-5-4-9(6-11-10)8(3)12;1-2-8-4-3-5-9-6-7-11-10(8)9;1-3-4-2/h4-6H,1H2,2-3H3;3-5H,2,6-7H2,1H3;3H,1-2H3. The molecule has 3 rings (SSSR count). The lowest BCUT2D eigenvalue weighted by Gasteiger charge is -2.03. The first-order valence-corrected chi connectivity index (χ1v) is 9.17. The van der Waals surface area contributed by atoms with Gasteiger partial charge in [0.1, 0.15) is 5.75 Å². The number of para-hydroxylation sites is 1. The topological polar surface area (TPSA) is 51.5 Å². The van der Waals surface area contributed by atoms with E-state index in [0.717, 1.165) is 36.5 Å². The summed E-state index contributed by atoms with van der Waals surface area (Å²) in [6.07, 6.45) is 5.48. The van der Waals surface area contributed by atoms with E-state index >= 15 is 0 Å². The van der Waals surface area contributed by atoms with Gasteiger partial charge in [-0.25, -0.2) is 0 Å². The Morgan fingerprint density at radius 3 is 2.48 bits per heavy atom. The number of nitrogens with zero attached hydrogens (tertiary/aromatic N) is 2. The van der Waals surface area contributed by atoms with Crippen molar-refractivity contribution in [2.75, 3.05) is 13.7 Å². The predicted octanol–water partition coefficient (Wildman–Crippen LogP) is 5.21. The van der Waals surface area contributed by atoms with Crippen LogP contribution in [-0.4, -0.2) is 30.6 Å². The third-order valence-corrected chi connectivity index (χ3v) is 4.04. The highest BCUT2D eigenvalue weighted by molar-refractivity contribution is 5.93. The number of pyridine rings is 1. The number of benzene rings is 1. The third kappa shape index (κ3) is 7.18. The van der Waals surface area contributed by atoms with Gasteiger partial charge in [0, 0.05) is 25.2 Å². The first kappa shape index (κ1) is 22.3. The quantitative estimate of drug-likeness (QED) is 0.553. The largest absolute Gasteiger partial charge is 0.493 e. The summed E-state index contributed by atoms with van der Waals surface area (Å²) in [6, 6.07) is 9.98. The van der Waals surface area contributed by atoms with Crippen LogP contribution in [0.15, 0.2) is 48.1 Å². The number of ether oxygens (including phenoxy) is 1. The van der Waals surface area contributed by atoms with Crippen molar-refractivity contribution in [3.63, 3.8) is 0 Å². The Morgan fingerprint density at radius 2 is 2.00 bits per heavy atom. The van der Waals surface area contributed by atoms with Crippen LogP contribution in [0.2, 0.25) is 0 Å². The number of rotatable bonds is 3. The predicted molar refractivity (Wildman–Crippen MR) is 114 cm³/mol. The monoisotopic (exact) mass is 366 g/mol. The van der Waals surface area contributed by atoms with Crippen molar-refractivity contribution in [2.24, 2.45) is 4.99 Å². The van der Waals surface area contributed by atoms with Crippen LogP contribution in [-0.2, 0) is 12.8 Å². The minimum absolute atomic E-state index is 0.0377. The minimum atomic E-state index is 0.0377. The molecule has 0 bridgehead atoms. The van der Waals surface area contributed by atoms with Gasteiger partial charge in [-0.2, -0.15) is 0 Å². The van der Waals surface area contributed by atoms with Crippen LogP contribution < -0.4 is 4.74 Å². The smallest absolute Gasteiger partial charge is 0.161 e. The molecule has 0 N–H and O–H groups in total. The van der Waals surface area contributed by atoms with E-state index in [2.05, 4.69) is 41.7 Å². The van der Waals surface area contributed by atoms with Crippen LogP contribution in [0.5, 0.6) is 5.75 Å². The molecule has 0 atom stereocenters. The van der Waals surface area contributed by atoms with E-state index in [1.807, 2.05) is 13.8 Å². The molecular formula is C23H30N2O2. The third-order valence-electron chi connectivity index (χ3n) is 4.04. The van der Waals surface area contributed by atoms with E-state index < -0.39 is 0 Å². The average Bonchev–Trinajstić information content (AvgIpc) is 3.17. The molecule has 0 fully saturated rings. The second-order valence-corrected chi connectivity index (χ2v) is 6.14. The molecule has 27 heavy (non-hydrogen) atoms. The van der Waals surface area contributed by atoms with Gasteiger partial charge in [0.15, 0.2) is 5.78 Å². The van der Waals surface area contributed by atoms with E-state index in [9.17, 15) is 4.79 Å². The van der Waals surface area contributed by atoms with Gasteiger partial charge in [0.25, 0.3) is 0 Å². The normalized spacial score (nSPS) is 11.4. The van der Waals surface area contributed by atoms with Crippen LogP contribution in [0.25, 0.3) is 5.57 Å². The Hall–Kier alpha value is -2.75. The molecule has 1 aromatic carbocycles. The fourth-order valence-electron chi connectivity index (χ4n) is 2.42. The fraction of sp³-hybridized carbons (Fsp3) is 0.348. The van der Waals surface area contributed by atoms with Crippen molar-refractivity contribution in [1.29, 1.82) is 0 Å². The molecular weight excluding hydrogens is 336 g/mol. The Balaban J connectivity index is 0.000000227. The number of ketones is 1. The summed E-state index contributed by atoms with van der Waals surface area (Å²) in [5.41, 5.74) is 5.11. The highest BCUT2D eigenvalue weighted by Crippen LogP contribution is 2.29. The molecule has 1 aliphatic rings. The van der Waals surface area contributed by atoms with Gasteiger partial charge in [-0.1, -0.05) is 31.7 Å². The van der Waals surface area contributed by atoms with Crippen molar-refractivity contribution in [3.05, 3.63) is 65.5 Å². The number of allylic oxidation sites excluding steroid dienone is 1. The van der Waals surface area contributed by atoms with Gasteiger partial charge in [0.2, 0.25) is 0 Å². The summed E-state index contributed by atoms with van der Waals surface area (Å²) >= 11 is 0. The number of carbonyl (C=O) groups is 1. The van der Waals surface area contributed by atoms with Crippen molar-refractivity contribution in [2.45, 2.75) is 40.5 Å². The number of aromatic nitrogens is 1. The van der Waals surface area contributed by atoms with Crippen LogP contribution in [0.3, 0.4) is 0 Å². The molecule has 0 radical (unpaired) electrons. The first-order valence-electron chi connectivity index (χ1n) is 9.17. The molecule has 0 saturated carbocycles. The molecule has 0 saturated heterocycles. The lowest BCUT2D eigenvalue weighted by molar-refractivity contribution is 0.101. The lowest BCUT2D eigenvalue weighted by atomic mass is 10.1. The van der Waals surface area contributed by atoms with Gasteiger partial charge in [-0.15, -0.1) is 0 Å². The average molecular weight is 367 g/mol. The number of carbonyl (C=O) groups excluding carboxylic acids is 1. The Kier molecular flexibility index (Phi) is 9.73. The van der Waals surface area contributed by atoms with Crippen molar-refractivity contribution >= 4 is 17.6 Å². The fourth-order valence-corrected chi connectivity index (χ4v) is 2.42. The maximum atomic E-state index is 10.9. The Labute approximate surface area is 163 Å². The van der Waals surface area contributed by atoms with Crippen LogP contribution >= 0.6 is 0 Å². The number of aryl methyl sites for hydroxylation is 1. The number of fused-ring (bicyclic) bond motifs is 1. The summed E-state index contributed by atoms with van der Waals surface area (Å²) < 4.78 is 5.52. The van der Waals surface area contributed by atoms with E-state index in [0.29, 0.717) is 5.56 Å². The summed E-state index contributed by atoms with van der Waals surface area (Å²) in [4.78, 5) is 18.6. The number of aliphatic imine (C=N–C) groups is 1. The zero-order valence-corrected chi connectivity index (χ0v) is 17.1. The second-order valence-electron chi connectivity index (χ2n) is 6.14. The molecule has 0 spiro atoms.